The molecule has 4 aliphatic heterocycles. The Hall–Kier alpha value is -2.32. The number of fused-ring (bicyclic) bond motifs is 2. The molecule has 2 aromatic rings. The van der Waals surface area contributed by atoms with Crippen molar-refractivity contribution in [2.75, 3.05) is 61.9 Å². The van der Waals surface area contributed by atoms with Crippen molar-refractivity contribution in [1.82, 2.24) is 19.8 Å². The van der Waals surface area contributed by atoms with E-state index in [2.05, 4.69) is 48.9 Å². The number of aromatic nitrogens is 2. The lowest BCUT2D eigenvalue weighted by Gasteiger charge is -2.56. The number of rotatable bonds is 5. The fourth-order valence-corrected chi connectivity index (χ4v) is 5.20. The Labute approximate surface area is 182 Å². The van der Waals surface area contributed by atoms with Crippen LogP contribution >= 0.6 is 11.8 Å². The molecule has 2 bridgehead atoms. The highest BCUT2D eigenvalue weighted by molar-refractivity contribution is 7.98. The molecule has 1 amide bonds. The number of piperidine rings is 1. The summed E-state index contributed by atoms with van der Waals surface area (Å²) < 4.78 is 0. The summed E-state index contributed by atoms with van der Waals surface area (Å²) in [6.45, 7) is 5.85. The van der Waals surface area contributed by atoms with Gasteiger partial charge in [-0.2, -0.15) is 0 Å². The van der Waals surface area contributed by atoms with Crippen LogP contribution in [-0.4, -0.2) is 89.8 Å². The Morgan fingerprint density at radius 3 is 2.47 bits per heavy atom. The number of hydrogen-bond acceptors (Lipinski definition) is 7. The fourth-order valence-electron chi connectivity index (χ4n) is 4.85. The average Bonchev–Trinajstić information content (AvgIpc) is 2.83. The van der Waals surface area contributed by atoms with Crippen molar-refractivity contribution in [1.29, 1.82) is 0 Å². The summed E-state index contributed by atoms with van der Waals surface area (Å²) in [6, 6.07) is 13.4. The van der Waals surface area contributed by atoms with E-state index in [0.29, 0.717) is 18.6 Å². The lowest BCUT2D eigenvalue weighted by Crippen LogP contribution is -2.70. The van der Waals surface area contributed by atoms with Crippen molar-refractivity contribution in [3.8, 4) is 0 Å². The quantitative estimate of drug-likeness (QED) is 0.536. The number of nitrogens with zero attached hydrogens (tertiary/aromatic N) is 6. The van der Waals surface area contributed by atoms with Gasteiger partial charge >= 0.3 is 0 Å². The SMILES string of the molecule is CSc1nccc(N2CC3CC(C2)N3CC(=O)N2CCN(c3ccccc3)CC2)n1. The molecule has 1 aromatic carbocycles. The van der Waals surface area contributed by atoms with E-state index in [1.165, 1.54) is 12.1 Å². The van der Waals surface area contributed by atoms with Crippen molar-refractivity contribution < 1.29 is 4.79 Å². The standard InChI is InChI=1S/C22H28N6OS/c1-30-22-23-8-7-20(24-22)27-14-18-13-19(15-27)28(18)16-21(29)26-11-9-25(10-12-26)17-5-3-2-4-6-17/h2-8,18-19H,9-16H2,1H3. The monoisotopic (exact) mass is 424 g/mol. The summed E-state index contributed by atoms with van der Waals surface area (Å²) in [4.78, 5) is 31.0. The van der Waals surface area contributed by atoms with Gasteiger partial charge in [-0.15, -0.1) is 0 Å². The van der Waals surface area contributed by atoms with Crippen LogP contribution in [-0.2, 0) is 4.79 Å². The van der Waals surface area contributed by atoms with Gasteiger partial charge in [0.15, 0.2) is 5.16 Å². The Morgan fingerprint density at radius 1 is 1.03 bits per heavy atom. The molecule has 0 spiro atoms. The molecule has 2 unspecified atom stereocenters. The molecule has 0 saturated carbocycles. The number of thioether (sulfide) groups is 1. The first kappa shape index (κ1) is 19.6. The third kappa shape index (κ3) is 3.86. The molecule has 0 radical (unpaired) electrons. The summed E-state index contributed by atoms with van der Waals surface area (Å²) in [5, 5.41) is 0.813. The molecule has 30 heavy (non-hydrogen) atoms. The first-order chi connectivity index (χ1) is 14.7. The summed E-state index contributed by atoms with van der Waals surface area (Å²) in [6.07, 6.45) is 5.02. The van der Waals surface area contributed by atoms with E-state index >= 15 is 0 Å². The van der Waals surface area contributed by atoms with Gasteiger partial charge in [0.2, 0.25) is 5.91 Å². The zero-order valence-electron chi connectivity index (χ0n) is 17.4. The number of anilines is 2. The normalized spacial score (nSPS) is 24.0. The molecule has 8 heteroatoms. The van der Waals surface area contributed by atoms with E-state index in [4.69, 9.17) is 0 Å². The summed E-state index contributed by atoms with van der Waals surface area (Å²) >= 11 is 1.57. The van der Waals surface area contributed by atoms with E-state index < -0.39 is 0 Å². The number of piperazine rings is 2. The molecule has 0 aliphatic carbocycles. The number of carbonyl (C=O) groups excluding carboxylic acids is 1. The van der Waals surface area contributed by atoms with Crippen LogP contribution < -0.4 is 9.80 Å². The molecule has 6 rings (SSSR count). The Morgan fingerprint density at radius 2 is 1.77 bits per heavy atom. The van der Waals surface area contributed by atoms with Gasteiger partial charge in [-0.3, -0.25) is 9.69 Å². The number of amides is 1. The topological polar surface area (TPSA) is 55.8 Å². The molecule has 5 heterocycles. The van der Waals surface area contributed by atoms with Crippen molar-refractivity contribution in [3.63, 3.8) is 0 Å². The van der Waals surface area contributed by atoms with Crippen LogP contribution in [0.1, 0.15) is 6.42 Å². The van der Waals surface area contributed by atoms with Crippen LogP contribution in [0.5, 0.6) is 0 Å². The molecular weight excluding hydrogens is 396 g/mol. The maximum Gasteiger partial charge on any atom is 0.236 e. The average molecular weight is 425 g/mol. The second kappa shape index (κ2) is 8.43. The van der Waals surface area contributed by atoms with Crippen LogP contribution in [0.25, 0.3) is 0 Å². The first-order valence-electron chi connectivity index (χ1n) is 10.7. The predicted molar refractivity (Wildman–Crippen MR) is 120 cm³/mol. The molecule has 4 aliphatic rings. The van der Waals surface area contributed by atoms with Crippen molar-refractivity contribution in [2.24, 2.45) is 0 Å². The number of para-hydroxylation sites is 1. The molecule has 0 N–H and O–H groups in total. The zero-order valence-corrected chi connectivity index (χ0v) is 18.2. The number of benzene rings is 1. The van der Waals surface area contributed by atoms with Crippen LogP contribution in [0.2, 0.25) is 0 Å². The van der Waals surface area contributed by atoms with E-state index in [9.17, 15) is 4.79 Å². The third-order valence-electron chi connectivity index (χ3n) is 6.54. The minimum absolute atomic E-state index is 0.276. The smallest absolute Gasteiger partial charge is 0.236 e. The second-order valence-corrected chi connectivity index (χ2v) is 9.00. The van der Waals surface area contributed by atoms with Gasteiger partial charge in [0, 0.05) is 63.2 Å². The summed E-state index contributed by atoms with van der Waals surface area (Å²) in [5.41, 5.74) is 1.25. The Balaban J connectivity index is 1.13. The van der Waals surface area contributed by atoms with E-state index in [-0.39, 0.29) is 5.91 Å². The molecule has 1 aromatic heterocycles. The molecule has 4 fully saturated rings. The third-order valence-corrected chi connectivity index (χ3v) is 7.10. The minimum atomic E-state index is 0.276. The fraction of sp³-hybridized carbons (Fsp3) is 0.500. The predicted octanol–water partition coefficient (Wildman–Crippen LogP) is 1.81. The van der Waals surface area contributed by atoms with Gasteiger partial charge in [-0.05, 0) is 30.9 Å². The van der Waals surface area contributed by atoms with Gasteiger partial charge < -0.3 is 14.7 Å². The van der Waals surface area contributed by atoms with Crippen LogP contribution in [0.15, 0.2) is 47.8 Å². The van der Waals surface area contributed by atoms with E-state index in [0.717, 1.165) is 50.2 Å². The lowest BCUT2D eigenvalue weighted by atomic mass is 9.87. The van der Waals surface area contributed by atoms with Crippen molar-refractivity contribution >= 4 is 29.2 Å². The molecule has 7 nitrogen and oxygen atoms in total. The summed E-state index contributed by atoms with van der Waals surface area (Å²) in [7, 11) is 0. The highest BCUT2D eigenvalue weighted by atomic mass is 32.2. The lowest BCUT2D eigenvalue weighted by molar-refractivity contribution is -0.137. The minimum Gasteiger partial charge on any atom is -0.368 e. The molecular formula is C22H28N6OS. The van der Waals surface area contributed by atoms with Gasteiger partial charge in [0.05, 0.1) is 6.54 Å². The van der Waals surface area contributed by atoms with Crippen LogP contribution in [0.4, 0.5) is 11.5 Å². The second-order valence-electron chi connectivity index (χ2n) is 8.23. The molecule has 158 valence electrons. The highest BCUT2D eigenvalue weighted by Crippen LogP contribution is 2.34. The maximum absolute atomic E-state index is 12.9. The van der Waals surface area contributed by atoms with E-state index in [1.807, 2.05) is 29.5 Å². The zero-order chi connectivity index (χ0) is 20.5. The largest absolute Gasteiger partial charge is 0.368 e. The first-order valence-corrected chi connectivity index (χ1v) is 11.9. The molecule has 2 atom stereocenters. The van der Waals surface area contributed by atoms with Crippen molar-refractivity contribution in [2.45, 2.75) is 23.7 Å². The summed E-state index contributed by atoms with van der Waals surface area (Å²) in [5.74, 6) is 1.28. The Kier molecular flexibility index (Phi) is 5.52. The number of hydrogen-bond donors (Lipinski definition) is 0. The van der Waals surface area contributed by atoms with Gasteiger partial charge in [-0.1, -0.05) is 30.0 Å². The maximum atomic E-state index is 12.9. The van der Waals surface area contributed by atoms with Gasteiger partial charge in [0.25, 0.3) is 0 Å². The van der Waals surface area contributed by atoms with Crippen LogP contribution in [0, 0.1) is 0 Å². The molecule has 4 saturated heterocycles. The van der Waals surface area contributed by atoms with E-state index in [1.54, 1.807) is 11.8 Å². The van der Waals surface area contributed by atoms with Crippen LogP contribution in [0.3, 0.4) is 0 Å². The highest BCUT2D eigenvalue weighted by Gasteiger charge is 2.46. The Bertz CT molecular complexity index is 876. The number of carbonyl (C=O) groups is 1. The van der Waals surface area contributed by atoms with Gasteiger partial charge in [0.1, 0.15) is 5.82 Å². The van der Waals surface area contributed by atoms with Crippen molar-refractivity contribution in [3.05, 3.63) is 42.6 Å². The van der Waals surface area contributed by atoms with Gasteiger partial charge in [-0.25, -0.2) is 9.97 Å².